The third kappa shape index (κ3) is 2.18. The normalized spacial score (nSPS) is 10.3. The second kappa shape index (κ2) is 4.45. The lowest BCUT2D eigenvalue weighted by Gasteiger charge is -1.99. The van der Waals surface area contributed by atoms with E-state index >= 15 is 0 Å². The fraction of sp³-hybridized carbons (Fsp3) is 0.250. The SMILES string of the molecule is CCc1ccc(-c2ccc(OC)nc2)s1. The molecule has 0 bridgehead atoms. The van der Waals surface area contributed by atoms with Crippen LogP contribution in [0.1, 0.15) is 11.8 Å². The quantitative estimate of drug-likeness (QED) is 0.789. The van der Waals surface area contributed by atoms with Gasteiger partial charge in [-0.15, -0.1) is 11.3 Å². The minimum absolute atomic E-state index is 0.658. The van der Waals surface area contributed by atoms with E-state index in [2.05, 4.69) is 24.0 Å². The second-order valence-electron chi connectivity index (χ2n) is 3.21. The fourth-order valence-corrected chi connectivity index (χ4v) is 2.31. The van der Waals surface area contributed by atoms with Crippen LogP contribution in [0.5, 0.6) is 5.88 Å². The van der Waals surface area contributed by atoms with E-state index in [0.717, 1.165) is 12.0 Å². The van der Waals surface area contributed by atoms with Crippen LogP contribution in [0.15, 0.2) is 30.5 Å². The number of hydrogen-bond acceptors (Lipinski definition) is 3. The third-order valence-corrected chi connectivity index (χ3v) is 3.52. The van der Waals surface area contributed by atoms with Crippen molar-refractivity contribution in [3.05, 3.63) is 35.3 Å². The van der Waals surface area contributed by atoms with Gasteiger partial charge in [0.1, 0.15) is 0 Å². The molecule has 2 heterocycles. The number of thiophene rings is 1. The van der Waals surface area contributed by atoms with Crippen molar-refractivity contribution in [2.24, 2.45) is 0 Å². The highest BCUT2D eigenvalue weighted by atomic mass is 32.1. The van der Waals surface area contributed by atoms with Crippen molar-refractivity contribution in [2.45, 2.75) is 13.3 Å². The average Bonchev–Trinajstić information content (AvgIpc) is 2.78. The topological polar surface area (TPSA) is 22.1 Å². The van der Waals surface area contributed by atoms with Crippen LogP contribution in [0.25, 0.3) is 10.4 Å². The van der Waals surface area contributed by atoms with Gasteiger partial charge in [-0.1, -0.05) is 6.92 Å². The van der Waals surface area contributed by atoms with E-state index in [1.165, 1.54) is 9.75 Å². The van der Waals surface area contributed by atoms with Crippen molar-refractivity contribution in [1.29, 1.82) is 0 Å². The lowest BCUT2D eigenvalue weighted by molar-refractivity contribution is 0.398. The molecule has 0 aliphatic rings. The molecule has 2 rings (SSSR count). The van der Waals surface area contributed by atoms with Crippen molar-refractivity contribution < 1.29 is 4.74 Å². The molecule has 3 heteroatoms. The summed E-state index contributed by atoms with van der Waals surface area (Å²) in [4.78, 5) is 6.86. The van der Waals surface area contributed by atoms with E-state index in [1.54, 1.807) is 7.11 Å². The van der Waals surface area contributed by atoms with Gasteiger partial charge in [0.25, 0.3) is 0 Å². The summed E-state index contributed by atoms with van der Waals surface area (Å²) >= 11 is 1.82. The van der Waals surface area contributed by atoms with Gasteiger partial charge in [-0.3, -0.25) is 0 Å². The highest BCUT2D eigenvalue weighted by Crippen LogP contribution is 2.28. The van der Waals surface area contributed by atoms with Gasteiger partial charge >= 0.3 is 0 Å². The minimum atomic E-state index is 0.658. The summed E-state index contributed by atoms with van der Waals surface area (Å²) in [6.07, 6.45) is 2.94. The standard InChI is InChI=1S/C12H13NOS/c1-3-10-5-6-11(15-10)9-4-7-12(14-2)13-8-9/h4-8H,3H2,1-2H3. The molecule has 0 radical (unpaired) electrons. The molecule has 78 valence electrons. The molecule has 0 saturated carbocycles. The summed E-state index contributed by atoms with van der Waals surface area (Å²) in [6.45, 7) is 2.17. The van der Waals surface area contributed by atoms with Crippen LogP contribution in [0.4, 0.5) is 0 Å². The third-order valence-electron chi connectivity index (χ3n) is 2.24. The molecule has 0 N–H and O–H groups in total. The van der Waals surface area contributed by atoms with Gasteiger partial charge in [0, 0.05) is 27.6 Å². The number of aryl methyl sites for hydroxylation is 1. The summed E-state index contributed by atoms with van der Waals surface area (Å²) in [6, 6.07) is 8.25. The molecule has 0 atom stereocenters. The molecule has 0 aliphatic heterocycles. The molecule has 2 aromatic heterocycles. The molecule has 0 fully saturated rings. The molecule has 2 nitrogen and oxygen atoms in total. The average molecular weight is 219 g/mol. The number of hydrogen-bond donors (Lipinski definition) is 0. The Morgan fingerprint density at radius 3 is 2.67 bits per heavy atom. The molecule has 0 spiro atoms. The van der Waals surface area contributed by atoms with Crippen molar-refractivity contribution >= 4 is 11.3 Å². The molecule has 0 aliphatic carbocycles. The summed E-state index contributed by atoms with van der Waals surface area (Å²) in [5.41, 5.74) is 1.15. The van der Waals surface area contributed by atoms with Crippen molar-refractivity contribution in [3.63, 3.8) is 0 Å². The number of ether oxygens (including phenoxy) is 1. The van der Waals surface area contributed by atoms with E-state index in [1.807, 2.05) is 29.7 Å². The molecule has 0 unspecified atom stereocenters. The van der Waals surface area contributed by atoms with Crippen LogP contribution < -0.4 is 4.74 Å². The van der Waals surface area contributed by atoms with Gasteiger partial charge in [0.05, 0.1) is 7.11 Å². The van der Waals surface area contributed by atoms with Gasteiger partial charge < -0.3 is 4.74 Å². The number of rotatable bonds is 3. The summed E-state index contributed by atoms with van der Waals surface area (Å²) < 4.78 is 5.02. The predicted octanol–water partition coefficient (Wildman–Crippen LogP) is 3.38. The monoisotopic (exact) mass is 219 g/mol. The van der Waals surface area contributed by atoms with Gasteiger partial charge in [-0.2, -0.15) is 0 Å². The zero-order valence-corrected chi connectivity index (χ0v) is 9.67. The Morgan fingerprint density at radius 2 is 2.13 bits per heavy atom. The number of nitrogens with zero attached hydrogens (tertiary/aromatic N) is 1. The fourth-order valence-electron chi connectivity index (χ4n) is 1.37. The molecule has 15 heavy (non-hydrogen) atoms. The Hall–Kier alpha value is -1.35. The summed E-state index contributed by atoms with van der Waals surface area (Å²) in [5.74, 6) is 0.658. The Bertz CT molecular complexity index is 433. The van der Waals surface area contributed by atoms with Crippen molar-refractivity contribution in [3.8, 4) is 16.3 Å². The second-order valence-corrected chi connectivity index (χ2v) is 4.38. The van der Waals surface area contributed by atoms with E-state index in [9.17, 15) is 0 Å². The van der Waals surface area contributed by atoms with Crippen molar-refractivity contribution in [1.82, 2.24) is 4.98 Å². The first kappa shape index (κ1) is 10.2. The maximum Gasteiger partial charge on any atom is 0.212 e. The van der Waals surface area contributed by atoms with Crippen LogP contribution in [0, 0.1) is 0 Å². The Balaban J connectivity index is 2.28. The number of aromatic nitrogens is 1. The smallest absolute Gasteiger partial charge is 0.212 e. The zero-order chi connectivity index (χ0) is 10.7. The summed E-state index contributed by atoms with van der Waals surface area (Å²) in [7, 11) is 1.63. The first-order valence-electron chi connectivity index (χ1n) is 4.92. The zero-order valence-electron chi connectivity index (χ0n) is 8.86. The van der Waals surface area contributed by atoms with Crippen LogP contribution in [0.3, 0.4) is 0 Å². The Labute approximate surface area is 93.6 Å². The maximum atomic E-state index is 5.02. The minimum Gasteiger partial charge on any atom is -0.481 e. The number of methoxy groups -OCH3 is 1. The van der Waals surface area contributed by atoms with Gasteiger partial charge in [-0.25, -0.2) is 4.98 Å². The first-order valence-corrected chi connectivity index (χ1v) is 5.74. The predicted molar refractivity (Wildman–Crippen MR) is 63.5 cm³/mol. The van der Waals surface area contributed by atoms with E-state index in [-0.39, 0.29) is 0 Å². The van der Waals surface area contributed by atoms with Crippen LogP contribution in [-0.2, 0) is 6.42 Å². The molecule has 0 saturated heterocycles. The molecule has 2 aromatic rings. The maximum absolute atomic E-state index is 5.02. The van der Waals surface area contributed by atoms with E-state index in [0.29, 0.717) is 5.88 Å². The largest absolute Gasteiger partial charge is 0.481 e. The van der Waals surface area contributed by atoms with Gasteiger partial charge in [-0.05, 0) is 24.6 Å². The first-order chi connectivity index (χ1) is 7.33. The Kier molecular flexibility index (Phi) is 3.02. The summed E-state index contributed by atoms with van der Waals surface area (Å²) in [5, 5.41) is 0. The van der Waals surface area contributed by atoms with Crippen LogP contribution >= 0.6 is 11.3 Å². The van der Waals surface area contributed by atoms with E-state index in [4.69, 9.17) is 4.74 Å². The van der Waals surface area contributed by atoms with Gasteiger partial charge in [0.2, 0.25) is 5.88 Å². The van der Waals surface area contributed by atoms with Crippen LogP contribution in [0.2, 0.25) is 0 Å². The van der Waals surface area contributed by atoms with Crippen LogP contribution in [-0.4, -0.2) is 12.1 Å². The van der Waals surface area contributed by atoms with Crippen molar-refractivity contribution in [2.75, 3.05) is 7.11 Å². The number of pyridine rings is 1. The molecular weight excluding hydrogens is 206 g/mol. The Morgan fingerprint density at radius 1 is 1.27 bits per heavy atom. The molecular formula is C12H13NOS. The molecule has 0 aromatic carbocycles. The highest BCUT2D eigenvalue weighted by Gasteiger charge is 2.02. The van der Waals surface area contributed by atoms with E-state index < -0.39 is 0 Å². The highest BCUT2D eigenvalue weighted by molar-refractivity contribution is 7.15. The lowest BCUT2D eigenvalue weighted by atomic mass is 10.2. The van der Waals surface area contributed by atoms with Gasteiger partial charge in [0.15, 0.2) is 0 Å². The molecule has 0 amide bonds. The lowest BCUT2D eigenvalue weighted by Crippen LogP contribution is -1.85.